The molecule has 0 aliphatic carbocycles. The van der Waals surface area contributed by atoms with E-state index in [2.05, 4.69) is 15.3 Å². The molecule has 100 valence electrons. The fraction of sp³-hybridized carbons (Fsp3) is 0.545. The zero-order valence-electron chi connectivity index (χ0n) is 10.5. The summed E-state index contributed by atoms with van der Waals surface area (Å²) in [4.78, 5) is 19.3. The van der Waals surface area contributed by atoms with Gasteiger partial charge < -0.3 is 11.1 Å². The number of hydrogen-bond donors (Lipinski definition) is 2. The number of aromatic nitrogens is 2. The first-order valence-corrected chi connectivity index (χ1v) is 6.19. The van der Waals surface area contributed by atoms with E-state index in [0.717, 1.165) is 0 Å². The van der Waals surface area contributed by atoms with Crippen molar-refractivity contribution in [3.63, 3.8) is 0 Å². The van der Waals surface area contributed by atoms with E-state index in [1.807, 2.05) is 20.8 Å². The van der Waals surface area contributed by atoms with Gasteiger partial charge in [0.25, 0.3) is 0 Å². The summed E-state index contributed by atoms with van der Waals surface area (Å²) in [6, 6.07) is -0.264. The van der Waals surface area contributed by atoms with Crippen LogP contribution in [0.4, 0.5) is 5.69 Å². The van der Waals surface area contributed by atoms with E-state index in [9.17, 15) is 4.79 Å². The highest BCUT2D eigenvalue weighted by atomic mass is 35.5. The van der Waals surface area contributed by atoms with Crippen molar-refractivity contribution in [2.24, 2.45) is 11.1 Å². The third-order valence-electron chi connectivity index (χ3n) is 2.54. The van der Waals surface area contributed by atoms with E-state index in [-0.39, 0.29) is 39.8 Å². The van der Waals surface area contributed by atoms with Crippen LogP contribution in [0.15, 0.2) is 6.33 Å². The SMILES string of the molecule is CC(C)(C)C(N)CC(=O)Nc1c(Cl)ncnc1Cl. The van der Waals surface area contributed by atoms with E-state index in [4.69, 9.17) is 28.9 Å². The van der Waals surface area contributed by atoms with Crippen LogP contribution in [0.1, 0.15) is 27.2 Å². The molecule has 1 unspecified atom stereocenters. The van der Waals surface area contributed by atoms with Crippen molar-refractivity contribution in [3.05, 3.63) is 16.6 Å². The summed E-state index contributed by atoms with van der Waals surface area (Å²) in [5.41, 5.74) is 5.98. The normalized spacial score (nSPS) is 13.2. The second-order valence-corrected chi connectivity index (χ2v) is 5.77. The second-order valence-electron chi connectivity index (χ2n) is 5.06. The highest BCUT2D eigenvalue weighted by Gasteiger charge is 2.24. The lowest BCUT2D eigenvalue weighted by Crippen LogP contribution is -2.38. The molecule has 0 saturated carbocycles. The van der Waals surface area contributed by atoms with E-state index in [1.54, 1.807) is 0 Å². The number of nitrogens with one attached hydrogen (secondary N) is 1. The van der Waals surface area contributed by atoms with Crippen molar-refractivity contribution in [1.82, 2.24) is 9.97 Å². The molecule has 0 bridgehead atoms. The molecule has 1 amide bonds. The van der Waals surface area contributed by atoms with Gasteiger partial charge in [-0.05, 0) is 5.41 Å². The maximum Gasteiger partial charge on any atom is 0.226 e. The summed E-state index contributed by atoms with van der Waals surface area (Å²) in [7, 11) is 0. The standard InChI is InChI=1S/C11H16Cl2N4O/c1-11(2,3)6(14)4-7(18)17-8-9(12)15-5-16-10(8)13/h5-6H,4,14H2,1-3H3,(H,17,18). The molecule has 7 heteroatoms. The van der Waals surface area contributed by atoms with E-state index < -0.39 is 0 Å². The first-order chi connectivity index (χ1) is 8.21. The summed E-state index contributed by atoms with van der Waals surface area (Å²) in [6.45, 7) is 5.91. The largest absolute Gasteiger partial charge is 0.327 e. The van der Waals surface area contributed by atoms with Crippen LogP contribution < -0.4 is 11.1 Å². The predicted molar refractivity (Wildman–Crippen MR) is 72.7 cm³/mol. The molecule has 0 radical (unpaired) electrons. The van der Waals surface area contributed by atoms with Crippen LogP contribution in [0.2, 0.25) is 10.3 Å². The van der Waals surface area contributed by atoms with Gasteiger partial charge in [0.05, 0.1) is 0 Å². The minimum absolute atomic E-state index is 0.104. The van der Waals surface area contributed by atoms with Crippen molar-refractivity contribution in [2.45, 2.75) is 33.2 Å². The Hall–Kier alpha value is -0.910. The Bertz CT molecular complexity index is 425. The summed E-state index contributed by atoms with van der Waals surface area (Å²) < 4.78 is 0. The predicted octanol–water partition coefficient (Wildman–Crippen LogP) is 2.49. The van der Waals surface area contributed by atoms with Crippen LogP contribution in [0.3, 0.4) is 0 Å². The van der Waals surface area contributed by atoms with Crippen LogP contribution in [0.25, 0.3) is 0 Å². The molecule has 5 nitrogen and oxygen atoms in total. The Kier molecular flexibility index (Phi) is 4.90. The van der Waals surface area contributed by atoms with Gasteiger partial charge in [-0.1, -0.05) is 44.0 Å². The van der Waals surface area contributed by atoms with Crippen LogP contribution >= 0.6 is 23.2 Å². The van der Waals surface area contributed by atoms with E-state index in [0.29, 0.717) is 0 Å². The third kappa shape index (κ3) is 4.08. The second kappa shape index (κ2) is 5.82. The maximum atomic E-state index is 11.8. The number of carbonyl (C=O) groups is 1. The number of nitrogens with two attached hydrogens (primary N) is 1. The lowest BCUT2D eigenvalue weighted by molar-refractivity contribution is -0.117. The van der Waals surface area contributed by atoms with Crippen LogP contribution in [0.5, 0.6) is 0 Å². The molecule has 1 aromatic heterocycles. The zero-order chi connectivity index (χ0) is 13.9. The molecule has 1 aromatic rings. The summed E-state index contributed by atoms with van der Waals surface area (Å²) >= 11 is 11.6. The van der Waals surface area contributed by atoms with Gasteiger partial charge in [-0.2, -0.15) is 0 Å². The zero-order valence-corrected chi connectivity index (χ0v) is 12.0. The monoisotopic (exact) mass is 290 g/mol. The molecule has 0 saturated heterocycles. The Morgan fingerprint density at radius 2 is 1.89 bits per heavy atom. The first-order valence-electron chi connectivity index (χ1n) is 5.43. The molecule has 0 aliphatic heterocycles. The topological polar surface area (TPSA) is 80.9 Å². The smallest absolute Gasteiger partial charge is 0.226 e. The van der Waals surface area contributed by atoms with Crippen molar-refractivity contribution in [1.29, 1.82) is 0 Å². The minimum Gasteiger partial charge on any atom is -0.327 e. The average molecular weight is 291 g/mol. The van der Waals surface area contributed by atoms with Crippen LogP contribution in [-0.4, -0.2) is 21.9 Å². The molecule has 0 aliphatic rings. The molecular formula is C11H16Cl2N4O. The Morgan fingerprint density at radius 3 is 2.33 bits per heavy atom. The summed E-state index contributed by atoms with van der Waals surface area (Å²) in [6.07, 6.45) is 1.40. The number of carbonyl (C=O) groups excluding carboxylic acids is 1. The van der Waals surface area contributed by atoms with Gasteiger partial charge in [-0.15, -0.1) is 0 Å². The van der Waals surface area contributed by atoms with E-state index >= 15 is 0 Å². The van der Waals surface area contributed by atoms with Gasteiger partial charge in [0.1, 0.15) is 12.0 Å². The molecule has 3 N–H and O–H groups in total. The summed E-state index contributed by atoms with van der Waals surface area (Å²) in [5, 5.41) is 2.78. The van der Waals surface area contributed by atoms with Crippen LogP contribution in [0, 0.1) is 5.41 Å². The minimum atomic E-state index is -0.268. The Labute approximate surface area is 116 Å². The van der Waals surface area contributed by atoms with Crippen molar-refractivity contribution < 1.29 is 4.79 Å². The number of nitrogens with zero attached hydrogens (tertiary/aromatic N) is 2. The van der Waals surface area contributed by atoms with Gasteiger partial charge >= 0.3 is 0 Å². The lowest BCUT2D eigenvalue weighted by Gasteiger charge is -2.26. The molecule has 1 atom stereocenters. The molecule has 0 aromatic carbocycles. The van der Waals surface area contributed by atoms with Gasteiger partial charge in [-0.25, -0.2) is 9.97 Å². The highest BCUT2D eigenvalue weighted by molar-refractivity contribution is 6.38. The maximum absolute atomic E-state index is 11.8. The molecular weight excluding hydrogens is 275 g/mol. The highest BCUT2D eigenvalue weighted by Crippen LogP contribution is 2.26. The Morgan fingerprint density at radius 1 is 1.39 bits per heavy atom. The molecule has 0 fully saturated rings. The average Bonchev–Trinajstić information content (AvgIpc) is 2.22. The number of anilines is 1. The number of halogens is 2. The quantitative estimate of drug-likeness (QED) is 0.838. The Balaban J connectivity index is 2.72. The van der Waals surface area contributed by atoms with Gasteiger partial charge in [0.15, 0.2) is 10.3 Å². The molecule has 0 spiro atoms. The number of hydrogen-bond acceptors (Lipinski definition) is 4. The summed E-state index contributed by atoms with van der Waals surface area (Å²) in [5.74, 6) is -0.268. The number of rotatable bonds is 3. The number of amides is 1. The molecule has 1 heterocycles. The van der Waals surface area contributed by atoms with E-state index in [1.165, 1.54) is 6.33 Å². The molecule has 18 heavy (non-hydrogen) atoms. The first kappa shape index (κ1) is 15.1. The molecule has 1 rings (SSSR count). The van der Waals surface area contributed by atoms with Crippen LogP contribution in [-0.2, 0) is 4.79 Å². The fourth-order valence-electron chi connectivity index (χ4n) is 1.14. The van der Waals surface area contributed by atoms with Gasteiger partial charge in [0, 0.05) is 12.5 Å². The van der Waals surface area contributed by atoms with Crippen molar-refractivity contribution in [3.8, 4) is 0 Å². The van der Waals surface area contributed by atoms with Gasteiger partial charge in [0.2, 0.25) is 5.91 Å². The van der Waals surface area contributed by atoms with Crippen molar-refractivity contribution in [2.75, 3.05) is 5.32 Å². The van der Waals surface area contributed by atoms with Gasteiger partial charge in [-0.3, -0.25) is 4.79 Å². The lowest BCUT2D eigenvalue weighted by atomic mass is 9.85. The van der Waals surface area contributed by atoms with Crippen molar-refractivity contribution >= 4 is 34.8 Å². The fourth-order valence-corrected chi connectivity index (χ4v) is 1.55. The third-order valence-corrected chi connectivity index (χ3v) is 3.11.